The number of benzene rings is 1. The summed E-state index contributed by atoms with van der Waals surface area (Å²) in [5.74, 6) is 0.142. The molecule has 17 heavy (non-hydrogen) atoms. The maximum Gasteiger partial charge on any atom is 0.221 e. The maximum absolute atomic E-state index is 11.5. The van der Waals surface area contributed by atoms with E-state index >= 15 is 0 Å². The molecule has 0 heterocycles. The van der Waals surface area contributed by atoms with Crippen molar-refractivity contribution in [1.29, 1.82) is 0 Å². The zero-order chi connectivity index (χ0) is 12.3. The lowest BCUT2D eigenvalue weighted by molar-refractivity contribution is -0.121. The summed E-state index contributed by atoms with van der Waals surface area (Å²) in [7, 11) is 1.97. The van der Waals surface area contributed by atoms with Crippen LogP contribution < -0.4 is 16.0 Å². The molecule has 1 aliphatic rings. The van der Waals surface area contributed by atoms with Gasteiger partial charge in [-0.2, -0.15) is 0 Å². The van der Waals surface area contributed by atoms with Crippen LogP contribution in [0.5, 0.6) is 0 Å². The van der Waals surface area contributed by atoms with Crippen molar-refractivity contribution in [2.75, 3.05) is 24.2 Å². The van der Waals surface area contributed by atoms with Crippen molar-refractivity contribution in [3.05, 3.63) is 24.3 Å². The van der Waals surface area contributed by atoms with Crippen molar-refractivity contribution in [3.63, 3.8) is 0 Å². The minimum Gasteiger partial charge on any atom is -0.399 e. The molecule has 1 aromatic carbocycles. The second-order valence-electron chi connectivity index (χ2n) is 4.61. The summed E-state index contributed by atoms with van der Waals surface area (Å²) in [4.78, 5) is 13.6. The van der Waals surface area contributed by atoms with Gasteiger partial charge in [0.15, 0.2) is 0 Å². The molecule has 1 aromatic rings. The van der Waals surface area contributed by atoms with E-state index in [0.717, 1.165) is 24.2 Å². The number of anilines is 2. The van der Waals surface area contributed by atoms with Crippen LogP contribution in [0, 0.1) is 0 Å². The highest BCUT2D eigenvalue weighted by atomic mass is 16.1. The molecule has 0 unspecified atom stereocenters. The lowest BCUT2D eigenvalue weighted by Crippen LogP contribution is -2.30. The second kappa shape index (κ2) is 5.08. The predicted molar refractivity (Wildman–Crippen MR) is 69.9 cm³/mol. The highest BCUT2D eigenvalue weighted by Gasteiger charge is 2.22. The Bertz CT molecular complexity index is 401. The van der Waals surface area contributed by atoms with Gasteiger partial charge in [0.2, 0.25) is 5.91 Å². The van der Waals surface area contributed by atoms with Crippen LogP contribution in [0.1, 0.15) is 19.3 Å². The van der Waals surface area contributed by atoms with Crippen molar-refractivity contribution < 1.29 is 4.79 Å². The molecule has 3 N–H and O–H groups in total. The minimum absolute atomic E-state index is 0.142. The Morgan fingerprint density at radius 1 is 1.53 bits per heavy atom. The number of amides is 1. The van der Waals surface area contributed by atoms with Gasteiger partial charge < -0.3 is 16.0 Å². The molecule has 92 valence electrons. The summed E-state index contributed by atoms with van der Waals surface area (Å²) in [6.45, 7) is 0.710. The average Bonchev–Trinajstić information content (AvgIpc) is 3.10. The first-order valence-electron chi connectivity index (χ1n) is 6.01. The lowest BCUT2D eigenvalue weighted by Gasteiger charge is -2.19. The zero-order valence-corrected chi connectivity index (χ0v) is 10.1. The van der Waals surface area contributed by atoms with Crippen molar-refractivity contribution >= 4 is 17.3 Å². The van der Waals surface area contributed by atoms with E-state index in [0.29, 0.717) is 19.0 Å². The first-order valence-corrected chi connectivity index (χ1v) is 6.01. The SMILES string of the molecule is CN(CCC(=O)NC1CC1)c1cccc(N)c1. The molecular weight excluding hydrogens is 214 g/mol. The van der Waals surface area contributed by atoms with Crippen LogP contribution in [0.2, 0.25) is 0 Å². The van der Waals surface area contributed by atoms with Gasteiger partial charge in [-0.1, -0.05) is 6.07 Å². The molecule has 2 rings (SSSR count). The Hall–Kier alpha value is -1.71. The number of nitrogens with one attached hydrogen (secondary N) is 1. The number of nitrogen functional groups attached to an aromatic ring is 1. The molecule has 0 saturated heterocycles. The smallest absolute Gasteiger partial charge is 0.221 e. The fraction of sp³-hybridized carbons (Fsp3) is 0.462. The van der Waals surface area contributed by atoms with E-state index in [9.17, 15) is 4.79 Å². The molecule has 0 aliphatic heterocycles. The Balaban J connectivity index is 1.79. The molecule has 0 atom stereocenters. The Kier molecular flexibility index (Phi) is 3.52. The number of hydrogen-bond donors (Lipinski definition) is 2. The van der Waals surface area contributed by atoms with Crippen LogP contribution in [-0.4, -0.2) is 25.5 Å². The van der Waals surface area contributed by atoms with E-state index < -0.39 is 0 Å². The number of rotatable bonds is 5. The van der Waals surface area contributed by atoms with Crippen molar-refractivity contribution in [2.45, 2.75) is 25.3 Å². The van der Waals surface area contributed by atoms with Gasteiger partial charge in [-0.3, -0.25) is 4.79 Å². The van der Waals surface area contributed by atoms with Gasteiger partial charge in [0, 0.05) is 37.4 Å². The van der Waals surface area contributed by atoms with E-state index in [4.69, 9.17) is 5.73 Å². The van der Waals surface area contributed by atoms with E-state index in [1.807, 2.05) is 36.2 Å². The predicted octanol–water partition coefficient (Wildman–Crippen LogP) is 1.37. The molecule has 0 radical (unpaired) electrons. The first kappa shape index (κ1) is 11.8. The molecular formula is C13H19N3O. The van der Waals surface area contributed by atoms with E-state index in [1.165, 1.54) is 0 Å². The Morgan fingerprint density at radius 3 is 2.94 bits per heavy atom. The van der Waals surface area contributed by atoms with Crippen LogP contribution in [-0.2, 0) is 4.79 Å². The van der Waals surface area contributed by atoms with E-state index in [-0.39, 0.29) is 5.91 Å². The molecule has 1 aliphatic carbocycles. The normalized spacial score (nSPS) is 14.4. The molecule has 1 saturated carbocycles. The van der Waals surface area contributed by atoms with Gasteiger partial charge in [-0.25, -0.2) is 0 Å². The highest BCUT2D eigenvalue weighted by Crippen LogP contribution is 2.19. The molecule has 1 fully saturated rings. The number of hydrogen-bond acceptors (Lipinski definition) is 3. The van der Waals surface area contributed by atoms with Crippen LogP contribution >= 0.6 is 0 Å². The summed E-state index contributed by atoms with van der Waals surface area (Å²) in [6, 6.07) is 8.14. The lowest BCUT2D eigenvalue weighted by atomic mass is 10.2. The minimum atomic E-state index is 0.142. The maximum atomic E-state index is 11.5. The van der Waals surface area contributed by atoms with Gasteiger partial charge in [-0.05, 0) is 31.0 Å². The van der Waals surface area contributed by atoms with Gasteiger partial charge in [0.25, 0.3) is 0 Å². The number of nitrogens with zero attached hydrogens (tertiary/aromatic N) is 1. The zero-order valence-electron chi connectivity index (χ0n) is 10.1. The van der Waals surface area contributed by atoms with Gasteiger partial charge >= 0.3 is 0 Å². The van der Waals surface area contributed by atoms with E-state index in [2.05, 4.69) is 5.32 Å². The van der Waals surface area contributed by atoms with Crippen molar-refractivity contribution in [1.82, 2.24) is 5.32 Å². The van der Waals surface area contributed by atoms with Crippen LogP contribution in [0.4, 0.5) is 11.4 Å². The van der Waals surface area contributed by atoms with Crippen molar-refractivity contribution in [3.8, 4) is 0 Å². The third-order valence-electron chi connectivity index (χ3n) is 2.93. The summed E-state index contributed by atoms with van der Waals surface area (Å²) in [5, 5.41) is 2.98. The summed E-state index contributed by atoms with van der Waals surface area (Å²) in [5.41, 5.74) is 7.51. The van der Waals surface area contributed by atoms with E-state index in [1.54, 1.807) is 0 Å². The second-order valence-corrected chi connectivity index (χ2v) is 4.61. The topological polar surface area (TPSA) is 58.4 Å². The average molecular weight is 233 g/mol. The molecule has 0 spiro atoms. The van der Waals surface area contributed by atoms with Crippen LogP contribution in [0.15, 0.2) is 24.3 Å². The molecule has 4 heteroatoms. The van der Waals surface area contributed by atoms with Crippen LogP contribution in [0.25, 0.3) is 0 Å². The monoisotopic (exact) mass is 233 g/mol. The van der Waals surface area contributed by atoms with Crippen molar-refractivity contribution in [2.24, 2.45) is 0 Å². The summed E-state index contributed by atoms with van der Waals surface area (Å²) < 4.78 is 0. The summed E-state index contributed by atoms with van der Waals surface area (Å²) in [6.07, 6.45) is 2.80. The fourth-order valence-electron chi connectivity index (χ4n) is 1.69. The Morgan fingerprint density at radius 2 is 2.29 bits per heavy atom. The van der Waals surface area contributed by atoms with Crippen LogP contribution in [0.3, 0.4) is 0 Å². The Labute approximate surface area is 102 Å². The fourth-order valence-corrected chi connectivity index (χ4v) is 1.69. The quantitative estimate of drug-likeness (QED) is 0.755. The first-order chi connectivity index (χ1) is 8.15. The molecule has 1 amide bonds. The van der Waals surface area contributed by atoms with Gasteiger partial charge in [-0.15, -0.1) is 0 Å². The molecule has 4 nitrogen and oxygen atoms in total. The molecule has 0 aromatic heterocycles. The largest absolute Gasteiger partial charge is 0.399 e. The highest BCUT2D eigenvalue weighted by molar-refractivity contribution is 5.77. The molecule has 0 bridgehead atoms. The summed E-state index contributed by atoms with van der Waals surface area (Å²) >= 11 is 0. The third-order valence-corrected chi connectivity index (χ3v) is 2.93. The number of nitrogens with two attached hydrogens (primary N) is 1. The third kappa shape index (κ3) is 3.66. The number of carbonyl (C=O) groups is 1. The standard InChI is InChI=1S/C13H19N3O/c1-16(12-4-2-3-10(14)9-12)8-7-13(17)15-11-5-6-11/h2-4,9,11H,5-8,14H2,1H3,(H,15,17). The van der Waals surface area contributed by atoms with Gasteiger partial charge in [0.05, 0.1) is 0 Å². The van der Waals surface area contributed by atoms with Gasteiger partial charge in [0.1, 0.15) is 0 Å². The number of carbonyl (C=O) groups excluding carboxylic acids is 1.